The number of hydrogen-bond acceptors (Lipinski definition) is 3. The van der Waals surface area contributed by atoms with Crippen LogP contribution in [0.4, 0.5) is 5.69 Å². The summed E-state index contributed by atoms with van der Waals surface area (Å²) in [5.74, 6) is 0.827. The van der Waals surface area contributed by atoms with Gasteiger partial charge in [-0.15, -0.1) is 0 Å². The van der Waals surface area contributed by atoms with Crippen LogP contribution in [0.1, 0.15) is 23.9 Å². The van der Waals surface area contributed by atoms with Crippen LogP contribution in [-0.2, 0) is 0 Å². The number of nitrogens with zero attached hydrogens (tertiary/aromatic N) is 3. The molecule has 4 aromatic rings. The number of aromatic nitrogens is 2. The van der Waals surface area contributed by atoms with E-state index < -0.39 is 0 Å². The van der Waals surface area contributed by atoms with Crippen LogP contribution in [0.5, 0.6) is 0 Å². The summed E-state index contributed by atoms with van der Waals surface area (Å²) >= 11 is 6.08. The van der Waals surface area contributed by atoms with Crippen LogP contribution in [-0.4, -0.2) is 15.7 Å². The average Bonchev–Trinajstić information content (AvgIpc) is 3.34. The van der Waals surface area contributed by atoms with Crippen LogP contribution in [0, 0.1) is 0 Å². The van der Waals surface area contributed by atoms with Gasteiger partial charge < -0.3 is 4.98 Å². The zero-order valence-electron chi connectivity index (χ0n) is 14.5. The van der Waals surface area contributed by atoms with Gasteiger partial charge in [-0.1, -0.05) is 54.1 Å². The maximum absolute atomic E-state index is 6.08. The SMILES string of the molecule is Clc1ccc(C2CC(c3nc4ccccc4[nH]3)=NN2c2ccccc2)cc1. The number of halogens is 1. The summed E-state index contributed by atoms with van der Waals surface area (Å²) < 4.78 is 0. The van der Waals surface area contributed by atoms with E-state index in [1.807, 2.05) is 54.6 Å². The molecule has 0 radical (unpaired) electrons. The second-order valence-electron chi connectivity index (χ2n) is 6.60. The summed E-state index contributed by atoms with van der Waals surface area (Å²) in [7, 11) is 0. The normalized spacial score (nSPS) is 16.7. The lowest BCUT2D eigenvalue weighted by Crippen LogP contribution is -2.18. The highest BCUT2D eigenvalue weighted by molar-refractivity contribution is 6.30. The predicted octanol–water partition coefficient (Wildman–Crippen LogP) is 5.57. The molecule has 132 valence electrons. The van der Waals surface area contributed by atoms with E-state index in [-0.39, 0.29) is 6.04 Å². The van der Waals surface area contributed by atoms with Gasteiger partial charge in [-0.05, 0) is 42.0 Å². The number of H-pyrrole nitrogens is 1. The fourth-order valence-corrected chi connectivity index (χ4v) is 3.63. The highest BCUT2D eigenvalue weighted by Crippen LogP contribution is 2.36. The minimum Gasteiger partial charge on any atom is -0.337 e. The number of hydrazone groups is 1. The summed E-state index contributed by atoms with van der Waals surface area (Å²) in [5.41, 5.74) is 5.17. The molecule has 27 heavy (non-hydrogen) atoms. The van der Waals surface area contributed by atoms with Crippen molar-refractivity contribution < 1.29 is 0 Å². The Balaban J connectivity index is 1.57. The number of para-hydroxylation sites is 3. The molecule has 1 atom stereocenters. The second kappa shape index (κ2) is 6.56. The smallest absolute Gasteiger partial charge is 0.154 e. The lowest BCUT2D eigenvalue weighted by molar-refractivity contribution is 0.709. The van der Waals surface area contributed by atoms with Gasteiger partial charge in [0.1, 0.15) is 5.71 Å². The van der Waals surface area contributed by atoms with E-state index in [1.54, 1.807) is 0 Å². The van der Waals surface area contributed by atoms with Gasteiger partial charge in [0.05, 0.1) is 22.8 Å². The van der Waals surface area contributed by atoms with Gasteiger partial charge in [0.25, 0.3) is 0 Å². The molecule has 3 aromatic carbocycles. The van der Waals surface area contributed by atoms with E-state index in [2.05, 4.69) is 34.3 Å². The van der Waals surface area contributed by atoms with Crippen molar-refractivity contribution in [2.45, 2.75) is 12.5 Å². The Morgan fingerprint density at radius 3 is 2.41 bits per heavy atom. The first kappa shape index (κ1) is 16.1. The van der Waals surface area contributed by atoms with E-state index in [1.165, 1.54) is 5.56 Å². The molecular weight excluding hydrogens is 356 g/mol. The molecule has 1 unspecified atom stereocenters. The fourth-order valence-electron chi connectivity index (χ4n) is 3.51. The van der Waals surface area contributed by atoms with Crippen molar-refractivity contribution in [3.05, 3.63) is 95.3 Å². The number of rotatable bonds is 3. The third kappa shape index (κ3) is 2.98. The van der Waals surface area contributed by atoms with Crippen LogP contribution in [0.25, 0.3) is 11.0 Å². The van der Waals surface area contributed by atoms with E-state index in [0.29, 0.717) is 0 Å². The molecular formula is C22H17ClN4. The minimum absolute atomic E-state index is 0.105. The largest absolute Gasteiger partial charge is 0.337 e. The molecule has 0 saturated heterocycles. The van der Waals surface area contributed by atoms with Gasteiger partial charge in [-0.3, -0.25) is 5.01 Å². The number of benzene rings is 3. The Morgan fingerprint density at radius 2 is 1.63 bits per heavy atom. The van der Waals surface area contributed by atoms with Crippen molar-refractivity contribution in [1.29, 1.82) is 0 Å². The molecule has 4 nitrogen and oxygen atoms in total. The Bertz CT molecular complexity index is 1080. The van der Waals surface area contributed by atoms with E-state index in [0.717, 1.165) is 39.7 Å². The van der Waals surface area contributed by atoms with Crippen molar-refractivity contribution in [3.8, 4) is 0 Å². The standard InChI is InChI=1S/C22H17ClN4/c23-16-12-10-15(11-13-16)21-14-20(26-27(21)17-6-2-1-3-7-17)22-24-18-8-4-5-9-19(18)25-22/h1-13,21H,14H2,(H,24,25). The van der Waals surface area contributed by atoms with Gasteiger partial charge >= 0.3 is 0 Å². The van der Waals surface area contributed by atoms with Crippen LogP contribution >= 0.6 is 11.6 Å². The molecule has 1 N–H and O–H groups in total. The Labute approximate surface area is 162 Å². The quantitative estimate of drug-likeness (QED) is 0.510. The lowest BCUT2D eigenvalue weighted by Gasteiger charge is -2.24. The molecule has 0 bridgehead atoms. The fraction of sp³-hybridized carbons (Fsp3) is 0.0909. The van der Waals surface area contributed by atoms with E-state index >= 15 is 0 Å². The highest BCUT2D eigenvalue weighted by atomic mass is 35.5. The van der Waals surface area contributed by atoms with Crippen LogP contribution in [0.3, 0.4) is 0 Å². The Morgan fingerprint density at radius 1 is 0.889 bits per heavy atom. The molecule has 5 heteroatoms. The molecule has 0 amide bonds. The molecule has 0 aliphatic carbocycles. The van der Waals surface area contributed by atoms with E-state index in [4.69, 9.17) is 21.7 Å². The average molecular weight is 373 g/mol. The predicted molar refractivity (Wildman–Crippen MR) is 110 cm³/mol. The minimum atomic E-state index is 0.105. The summed E-state index contributed by atoms with van der Waals surface area (Å²) in [5, 5.41) is 7.74. The first-order chi connectivity index (χ1) is 13.3. The van der Waals surface area contributed by atoms with Gasteiger partial charge in [-0.2, -0.15) is 5.10 Å². The molecule has 2 heterocycles. The summed E-state index contributed by atoms with van der Waals surface area (Å²) in [6, 6.07) is 26.4. The third-order valence-corrected chi connectivity index (χ3v) is 5.10. The molecule has 1 aliphatic rings. The van der Waals surface area contributed by atoms with Crippen molar-refractivity contribution in [3.63, 3.8) is 0 Å². The van der Waals surface area contributed by atoms with Gasteiger partial charge in [0.15, 0.2) is 5.82 Å². The number of aromatic amines is 1. The van der Waals surface area contributed by atoms with Gasteiger partial charge in [0.2, 0.25) is 0 Å². The highest BCUT2D eigenvalue weighted by Gasteiger charge is 2.31. The maximum Gasteiger partial charge on any atom is 0.154 e. The number of nitrogens with one attached hydrogen (secondary N) is 1. The molecule has 1 aliphatic heterocycles. The first-order valence-corrected chi connectivity index (χ1v) is 9.28. The van der Waals surface area contributed by atoms with Gasteiger partial charge in [-0.25, -0.2) is 4.98 Å². The lowest BCUT2D eigenvalue weighted by atomic mass is 10.0. The number of fused-ring (bicyclic) bond motifs is 1. The maximum atomic E-state index is 6.08. The zero-order chi connectivity index (χ0) is 18.2. The van der Waals surface area contributed by atoms with Crippen molar-refractivity contribution in [1.82, 2.24) is 9.97 Å². The third-order valence-electron chi connectivity index (χ3n) is 4.85. The molecule has 1 aromatic heterocycles. The van der Waals surface area contributed by atoms with Crippen molar-refractivity contribution in [2.75, 3.05) is 5.01 Å². The number of hydrogen-bond donors (Lipinski definition) is 1. The zero-order valence-corrected chi connectivity index (χ0v) is 15.3. The van der Waals surface area contributed by atoms with Crippen LogP contribution in [0.2, 0.25) is 5.02 Å². The summed E-state index contributed by atoms with van der Waals surface area (Å²) in [4.78, 5) is 8.13. The monoisotopic (exact) mass is 372 g/mol. The number of anilines is 1. The topological polar surface area (TPSA) is 44.3 Å². The van der Waals surface area contributed by atoms with Crippen molar-refractivity contribution in [2.24, 2.45) is 5.10 Å². The number of imidazole rings is 1. The molecule has 0 spiro atoms. The van der Waals surface area contributed by atoms with Crippen LogP contribution in [0.15, 0.2) is 84.0 Å². The first-order valence-electron chi connectivity index (χ1n) is 8.90. The molecule has 5 rings (SSSR count). The van der Waals surface area contributed by atoms with Crippen molar-refractivity contribution >= 4 is 34.0 Å². The summed E-state index contributed by atoms with van der Waals surface area (Å²) in [6.45, 7) is 0. The summed E-state index contributed by atoms with van der Waals surface area (Å²) in [6.07, 6.45) is 0.774. The second-order valence-corrected chi connectivity index (χ2v) is 7.04. The molecule has 0 fully saturated rings. The Kier molecular flexibility index (Phi) is 3.91. The van der Waals surface area contributed by atoms with Gasteiger partial charge in [0, 0.05) is 11.4 Å². The molecule has 0 saturated carbocycles. The van der Waals surface area contributed by atoms with Crippen LogP contribution < -0.4 is 5.01 Å². The Hall–Kier alpha value is -3.11. The van der Waals surface area contributed by atoms with E-state index in [9.17, 15) is 0 Å².